The Morgan fingerprint density at radius 2 is 1.68 bits per heavy atom. The van der Waals surface area contributed by atoms with Crippen molar-refractivity contribution < 1.29 is 0 Å². The van der Waals surface area contributed by atoms with E-state index in [1.54, 1.807) is 0 Å². The summed E-state index contributed by atoms with van der Waals surface area (Å²) in [5.41, 5.74) is 2.77. The summed E-state index contributed by atoms with van der Waals surface area (Å²) in [6.07, 6.45) is 1.20. The molecular formula is C17H19BrS. The maximum Gasteiger partial charge on any atom is 0.0100 e. The quantitative estimate of drug-likeness (QED) is 0.485. The van der Waals surface area contributed by atoms with Gasteiger partial charge < -0.3 is 0 Å². The molecule has 19 heavy (non-hydrogen) atoms. The first kappa shape index (κ1) is 14.7. The van der Waals surface area contributed by atoms with Crippen molar-refractivity contribution in [3.63, 3.8) is 0 Å². The van der Waals surface area contributed by atoms with Gasteiger partial charge in [0.05, 0.1) is 0 Å². The highest BCUT2D eigenvalue weighted by molar-refractivity contribution is 9.09. The first-order chi connectivity index (χ1) is 9.29. The molecular weight excluding hydrogens is 316 g/mol. The van der Waals surface area contributed by atoms with E-state index in [0.29, 0.717) is 5.92 Å². The van der Waals surface area contributed by atoms with Crippen molar-refractivity contribution in [1.29, 1.82) is 0 Å². The standard InChI is InChI=1S/C17H19BrS/c1-14-7-9-15(10-8-14)16(13-18)11-12-19-17-5-3-2-4-6-17/h2-10,16H,11-13H2,1H3. The van der Waals surface area contributed by atoms with E-state index in [1.165, 1.54) is 22.4 Å². The lowest BCUT2D eigenvalue weighted by Gasteiger charge is -2.14. The van der Waals surface area contributed by atoms with Crippen LogP contribution < -0.4 is 0 Å². The molecule has 0 heterocycles. The van der Waals surface area contributed by atoms with Gasteiger partial charge in [0, 0.05) is 10.2 Å². The van der Waals surface area contributed by atoms with Crippen LogP contribution in [0.25, 0.3) is 0 Å². The van der Waals surface area contributed by atoms with Crippen molar-refractivity contribution in [1.82, 2.24) is 0 Å². The van der Waals surface area contributed by atoms with Crippen LogP contribution in [0.1, 0.15) is 23.5 Å². The summed E-state index contributed by atoms with van der Waals surface area (Å²) in [6.45, 7) is 2.14. The Kier molecular flexibility index (Phi) is 5.99. The van der Waals surface area contributed by atoms with Crippen molar-refractivity contribution in [2.24, 2.45) is 0 Å². The fourth-order valence-corrected chi connectivity index (χ4v) is 3.69. The largest absolute Gasteiger partial charge is 0.126 e. The van der Waals surface area contributed by atoms with Crippen LogP contribution in [0.5, 0.6) is 0 Å². The molecule has 2 rings (SSSR count). The third kappa shape index (κ3) is 4.70. The van der Waals surface area contributed by atoms with E-state index in [0.717, 1.165) is 11.1 Å². The third-order valence-electron chi connectivity index (χ3n) is 3.21. The zero-order valence-corrected chi connectivity index (χ0v) is 13.6. The summed E-state index contributed by atoms with van der Waals surface area (Å²) in [5.74, 6) is 1.77. The molecule has 0 saturated heterocycles. The minimum Gasteiger partial charge on any atom is -0.126 e. The van der Waals surface area contributed by atoms with Gasteiger partial charge in [0.25, 0.3) is 0 Å². The Hall–Kier alpha value is -0.730. The van der Waals surface area contributed by atoms with E-state index < -0.39 is 0 Å². The summed E-state index contributed by atoms with van der Waals surface area (Å²) >= 11 is 5.59. The van der Waals surface area contributed by atoms with Crippen molar-refractivity contribution >= 4 is 27.7 Å². The fraction of sp³-hybridized carbons (Fsp3) is 0.294. The topological polar surface area (TPSA) is 0 Å². The van der Waals surface area contributed by atoms with Crippen LogP contribution in [0, 0.1) is 6.92 Å². The van der Waals surface area contributed by atoms with Crippen LogP contribution in [0.2, 0.25) is 0 Å². The lowest BCUT2D eigenvalue weighted by atomic mass is 9.98. The molecule has 0 saturated carbocycles. The van der Waals surface area contributed by atoms with Crippen LogP contribution in [-0.4, -0.2) is 11.1 Å². The number of hydrogen-bond donors (Lipinski definition) is 0. The second-order valence-electron chi connectivity index (χ2n) is 4.71. The summed E-state index contributed by atoms with van der Waals surface area (Å²) in [4.78, 5) is 1.36. The predicted molar refractivity (Wildman–Crippen MR) is 89.5 cm³/mol. The number of alkyl halides is 1. The Morgan fingerprint density at radius 3 is 2.32 bits per heavy atom. The van der Waals surface area contributed by atoms with E-state index in [9.17, 15) is 0 Å². The SMILES string of the molecule is Cc1ccc(C(CBr)CCSc2ccccc2)cc1. The maximum atomic E-state index is 3.65. The van der Waals surface area contributed by atoms with Gasteiger partial charge in [-0.25, -0.2) is 0 Å². The Bertz CT molecular complexity index is 478. The maximum absolute atomic E-state index is 3.65. The second kappa shape index (κ2) is 7.76. The van der Waals surface area contributed by atoms with Crippen LogP contribution in [0.3, 0.4) is 0 Å². The molecule has 1 atom stereocenters. The molecule has 0 aliphatic carbocycles. The molecule has 0 spiro atoms. The van der Waals surface area contributed by atoms with Crippen LogP contribution >= 0.6 is 27.7 Å². The Labute approximate surface area is 128 Å². The molecule has 100 valence electrons. The first-order valence-corrected chi connectivity index (χ1v) is 8.70. The van der Waals surface area contributed by atoms with Gasteiger partial charge in [-0.3, -0.25) is 0 Å². The highest BCUT2D eigenvalue weighted by Gasteiger charge is 2.09. The molecule has 0 aromatic heterocycles. The molecule has 2 heteroatoms. The minimum absolute atomic E-state index is 0.608. The molecule has 1 unspecified atom stereocenters. The van der Waals surface area contributed by atoms with Crippen molar-refractivity contribution in [2.75, 3.05) is 11.1 Å². The fourth-order valence-electron chi connectivity index (χ4n) is 2.01. The normalized spacial score (nSPS) is 12.3. The molecule has 2 aromatic rings. The molecule has 0 aliphatic heterocycles. The van der Waals surface area contributed by atoms with Crippen molar-refractivity contribution in [3.05, 3.63) is 65.7 Å². The lowest BCUT2D eigenvalue weighted by Crippen LogP contribution is -2.01. The zero-order chi connectivity index (χ0) is 13.5. The summed E-state index contributed by atoms with van der Waals surface area (Å²) in [5, 5.41) is 1.03. The predicted octanol–water partition coefficient (Wildman–Crippen LogP) is 5.66. The van der Waals surface area contributed by atoms with Gasteiger partial charge in [0.1, 0.15) is 0 Å². The van der Waals surface area contributed by atoms with Gasteiger partial charge in [0.2, 0.25) is 0 Å². The lowest BCUT2D eigenvalue weighted by molar-refractivity contribution is 0.756. The van der Waals surface area contributed by atoms with Gasteiger partial charge >= 0.3 is 0 Å². The van der Waals surface area contributed by atoms with E-state index in [1.807, 2.05) is 11.8 Å². The average Bonchev–Trinajstić information content (AvgIpc) is 2.46. The summed E-state index contributed by atoms with van der Waals surface area (Å²) in [6, 6.07) is 19.6. The monoisotopic (exact) mass is 334 g/mol. The third-order valence-corrected chi connectivity index (χ3v) is 5.04. The minimum atomic E-state index is 0.608. The number of hydrogen-bond acceptors (Lipinski definition) is 1. The molecule has 0 amide bonds. The smallest absolute Gasteiger partial charge is 0.0100 e. The number of aryl methyl sites for hydroxylation is 1. The highest BCUT2D eigenvalue weighted by atomic mass is 79.9. The average molecular weight is 335 g/mol. The van der Waals surface area contributed by atoms with Gasteiger partial charge in [0.15, 0.2) is 0 Å². The number of thioether (sulfide) groups is 1. The van der Waals surface area contributed by atoms with Crippen LogP contribution in [-0.2, 0) is 0 Å². The molecule has 0 fully saturated rings. The highest BCUT2D eigenvalue weighted by Crippen LogP contribution is 2.26. The van der Waals surface area contributed by atoms with Gasteiger partial charge in [-0.2, -0.15) is 0 Å². The van der Waals surface area contributed by atoms with E-state index in [-0.39, 0.29) is 0 Å². The molecule has 0 N–H and O–H groups in total. The molecule has 0 bridgehead atoms. The van der Waals surface area contributed by atoms with Gasteiger partial charge in [-0.15, -0.1) is 11.8 Å². The van der Waals surface area contributed by atoms with Crippen molar-refractivity contribution in [3.8, 4) is 0 Å². The molecule has 0 aliphatic rings. The number of benzene rings is 2. The van der Waals surface area contributed by atoms with E-state index >= 15 is 0 Å². The second-order valence-corrected chi connectivity index (χ2v) is 6.53. The Balaban J connectivity index is 1.87. The summed E-state index contributed by atoms with van der Waals surface area (Å²) in [7, 11) is 0. The number of halogens is 1. The summed E-state index contributed by atoms with van der Waals surface area (Å²) < 4.78 is 0. The van der Waals surface area contributed by atoms with E-state index in [2.05, 4.69) is 77.5 Å². The van der Waals surface area contributed by atoms with Crippen molar-refractivity contribution in [2.45, 2.75) is 24.2 Å². The first-order valence-electron chi connectivity index (χ1n) is 6.60. The molecule has 0 radical (unpaired) electrons. The zero-order valence-electron chi connectivity index (χ0n) is 11.2. The van der Waals surface area contributed by atoms with Gasteiger partial charge in [-0.05, 0) is 42.7 Å². The van der Waals surface area contributed by atoms with E-state index in [4.69, 9.17) is 0 Å². The van der Waals surface area contributed by atoms with Gasteiger partial charge in [-0.1, -0.05) is 64.0 Å². The molecule has 2 aromatic carbocycles. The van der Waals surface area contributed by atoms with Crippen LogP contribution in [0.4, 0.5) is 0 Å². The molecule has 0 nitrogen and oxygen atoms in total. The Morgan fingerprint density at radius 1 is 1.00 bits per heavy atom. The number of rotatable bonds is 6. The van der Waals surface area contributed by atoms with Crippen LogP contribution in [0.15, 0.2) is 59.5 Å².